The van der Waals surface area contributed by atoms with Crippen LogP contribution in [0.3, 0.4) is 0 Å². The van der Waals surface area contributed by atoms with Gasteiger partial charge in [0.25, 0.3) is 0 Å². The Kier molecular flexibility index (Phi) is 9.85. The van der Waals surface area contributed by atoms with Gasteiger partial charge in [0, 0.05) is 43.3 Å². The largest absolute Gasteiger partial charge is 0.473 e. The summed E-state index contributed by atoms with van der Waals surface area (Å²) in [4.78, 5) is 19.1. The van der Waals surface area contributed by atoms with Crippen LogP contribution in [0, 0.1) is 0 Å². The van der Waals surface area contributed by atoms with Gasteiger partial charge in [-0.2, -0.15) is 10.1 Å². The predicted octanol–water partition coefficient (Wildman–Crippen LogP) is 8.38. The van der Waals surface area contributed by atoms with Crippen molar-refractivity contribution < 1.29 is 19.0 Å². The molecule has 1 saturated carbocycles. The summed E-state index contributed by atoms with van der Waals surface area (Å²) in [5.74, 6) is 0.962. The van der Waals surface area contributed by atoms with Gasteiger partial charge in [-0.15, -0.1) is 0 Å². The lowest BCUT2D eigenvalue weighted by molar-refractivity contribution is 0.0185. The topological polar surface area (TPSA) is 90.7 Å². The highest BCUT2D eigenvalue weighted by Gasteiger charge is 2.29. The standard InChI is InChI=1S/C39H45N5O4/c1-39(2,3)48-38(45)43(4)31-19-16-29(17-20-31)40-30-18-21-32-34(24-30)44(5)42-36(32)33-22-23-35(46-25-27-12-8-6-9-13-27)41-37(33)47-26-28-14-10-7-11-15-28/h6-15,18,21-24,29,31,40H,16-17,19-20,25-26H2,1-5H3. The maximum absolute atomic E-state index is 12.6. The van der Waals surface area contributed by atoms with Gasteiger partial charge in [-0.05, 0) is 81.8 Å². The maximum Gasteiger partial charge on any atom is 0.410 e. The number of ether oxygens (including phenoxy) is 3. The van der Waals surface area contributed by atoms with Gasteiger partial charge in [0.1, 0.15) is 24.5 Å². The first-order chi connectivity index (χ1) is 23.1. The number of benzene rings is 3. The van der Waals surface area contributed by atoms with Gasteiger partial charge in [0.2, 0.25) is 11.8 Å². The zero-order chi connectivity index (χ0) is 33.7. The Labute approximate surface area is 282 Å². The summed E-state index contributed by atoms with van der Waals surface area (Å²) in [7, 11) is 3.81. The van der Waals surface area contributed by atoms with E-state index in [0.717, 1.165) is 64.7 Å². The molecule has 48 heavy (non-hydrogen) atoms. The fraction of sp³-hybridized carbons (Fsp3) is 0.359. The number of aryl methyl sites for hydroxylation is 1. The predicted molar refractivity (Wildman–Crippen MR) is 189 cm³/mol. The van der Waals surface area contributed by atoms with Crippen molar-refractivity contribution in [3.8, 4) is 23.0 Å². The number of pyridine rings is 1. The van der Waals surface area contributed by atoms with Crippen LogP contribution in [0.4, 0.5) is 10.5 Å². The second-order valence-corrected chi connectivity index (χ2v) is 13.5. The second-order valence-electron chi connectivity index (χ2n) is 13.5. The molecular formula is C39H45N5O4. The van der Waals surface area contributed by atoms with Crippen LogP contribution in [0.1, 0.15) is 57.6 Å². The van der Waals surface area contributed by atoms with Crippen molar-refractivity contribution >= 4 is 22.7 Å². The Balaban J connectivity index is 1.18. The van der Waals surface area contributed by atoms with Crippen molar-refractivity contribution in [2.24, 2.45) is 7.05 Å². The van der Waals surface area contributed by atoms with Crippen molar-refractivity contribution in [2.45, 2.75) is 77.4 Å². The number of carbonyl (C=O) groups excluding carboxylic acids is 1. The SMILES string of the molecule is CN(C(=O)OC(C)(C)C)C1CCC(Nc2ccc3c(-c4ccc(OCc5ccccc5)nc4OCc4ccccc4)nn(C)c3c2)CC1. The number of hydrogen-bond acceptors (Lipinski definition) is 7. The number of anilines is 1. The summed E-state index contributed by atoms with van der Waals surface area (Å²) < 4.78 is 19.9. The summed E-state index contributed by atoms with van der Waals surface area (Å²) in [6.45, 7) is 6.48. The first kappa shape index (κ1) is 32.9. The van der Waals surface area contributed by atoms with Crippen LogP contribution in [-0.4, -0.2) is 50.5 Å². The summed E-state index contributed by atoms with van der Waals surface area (Å²) in [5, 5.41) is 9.68. The van der Waals surface area contributed by atoms with Crippen LogP contribution in [0.5, 0.6) is 11.8 Å². The minimum Gasteiger partial charge on any atom is -0.473 e. The summed E-state index contributed by atoms with van der Waals surface area (Å²) in [6.07, 6.45) is 3.54. The quantitative estimate of drug-likeness (QED) is 0.163. The van der Waals surface area contributed by atoms with E-state index in [1.807, 2.05) is 112 Å². The van der Waals surface area contributed by atoms with Crippen molar-refractivity contribution in [3.05, 3.63) is 102 Å². The van der Waals surface area contributed by atoms with Gasteiger partial charge in [0.15, 0.2) is 0 Å². The molecule has 1 aliphatic rings. The van der Waals surface area contributed by atoms with E-state index in [0.29, 0.717) is 31.0 Å². The molecule has 1 fully saturated rings. The lowest BCUT2D eigenvalue weighted by atomic mass is 9.90. The number of aromatic nitrogens is 3. The fourth-order valence-electron chi connectivity index (χ4n) is 6.12. The number of hydrogen-bond donors (Lipinski definition) is 1. The molecule has 0 radical (unpaired) electrons. The van der Waals surface area contributed by atoms with E-state index in [2.05, 4.69) is 23.5 Å². The molecule has 2 aromatic heterocycles. The highest BCUT2D eigenvalue weighted by atomic mass is 16.6. The number of fused-ring (bicyclic) bond motifs is 1. The lowest BCUT2D eigenvalue weighted by Gasteiger charge is -2.36. The number of nitrogens with one attached hydrogen (secondary N) is 1. The number of amides is 1. The molecule has 0 spiro atoms. The molecule has 250 valence electrons. The third-order valence-corrected chi connectivity index (χ3v) is 8.69. The molecule has 2 heterocycles. The normalized spacial score (nSPS) is 16.4. The van der Waals surface area contributed by atoms with Gasteiger partial charge in [0.05, 0.1) is 11.1 Å². The molecular weight excluding hydrogens is 602 g/mol. The molecule has 6 rings (SSSR count). The van der Waals surface area contributed by atoms with Crippen LogP contribution in [0.25, 0.3) is 22.2 Å². The Bertz CT molecular complexity index is 1830. The average Bonchev–Trinajstić information content (AvgIpc) is 3.41. The molecule has 1 N–H and O–H groups in total. The van der Waals surface area contributed by atoms with Crippen LogP contribution < -0.4 is 14.8 Å². The van der Waals surface area contributed by atoms with Crippen LogP contribution in [-0.2, 0) is 25.0 Å². The fourth-order valence-corrected chi connectivity index (χ4v) is 6.12. The molecule has 9 heteroatoms. The van der Waals surface area contributed by atoms with Gasteiger partial charge in [-0.3, -0.25) is 4.68 Å². The van der Waals surface area contributed by atoms with Crippen molar-refractivity contribution in [3.63, 3.8) is 0 Å². The van der Waals surface area contributed by atoms with E-state index < -0.39 is 5.60 Å². The smallest absolute Gasteiger partial charge is 0.410 e. The first-order valence-electron chi connectivity index (χ1n) is 16.7. The Morgan fingerprint density at radius 2 is 1.52 bits per heavy atom. The van der Waals surface area contributed by atoms with E-state index in [4.69, 9.17) is 24.3 Å². The Hall–Kier alpha value is -5.05. The number of carbonyl (C=O) groups is 1. The Morgan fingerprint density at radius 3 is 2.17 bits per heavy atom. The molecule has 0 aliphatic heterocycles. The van der Waals surface area contributed by atoms with E-state index >= 15 is 0 Å². The van der Waals surface area contributed by atoms with E-state index in [-0.39, 0.29) is 12.1 Å². The molecule has 0 bridgehead atoms. The molecule has 3 aromatic carbocycles. The molecule has 0 saturated heterocycles. The lowest BCUT2D eigenvalue weighted by Crippen LogP contribution is -2.43. The molecule has 0 atom stereocenters. The minimum absolute atomic E-state index is 0.182. The van der Waals surface area contributed by atoms with E-state index in [1.165, 1.54) is 0 Å². The Morgan fingerprint density at radius 1 is 0.875 bits per heavy atom. The summed E-state index contributed by atoms with van der Waals surface area (Å²) in [5.41, 5.74) is 5.27. The summed E-state index contributed by atoms with van der Waals surface area (Å²) >= 11 is 0. The molecule has 5 aromatic rings. The zero-order valence-corrected chi connectivity index (χ0v) is 28.5. The van der Waals surface area contributed by atoms with Crippen molar-refractivity contribution in [2.75, 3.05) is 12.4 Å². The highest BCUT2D eigenvalue weighted by molar-refractivity contribution is 5.96. The molecule has 9 nitrogen and oxygen atoms in total. The van der Waals surface area contributed by atoms with Crippen LogP contribution in [0.2, 0.25) is 0 Å². The van der Waals surface area contributed by atoms with Gasteiger partial charge < -0.3 is 24.4 Å². The first-order valence-corrected chi connectivity index (χ1v) is 16.7. The zero-order valence-electron chi connectivity index (χ0n) is 28.5. The van der Waals surface area contributed by atoms with Crippen LogP contribution >= 0.6 is 0 Å². The second kappa shape index (κ2) is 14.4. The van der Waals surface area contributed by atoms with Gasteiger partial charge in [-0.25, -0.2) is 4.79 Å². The molecule has 0 unspecified atom stereocenters. The monoisotopic (exact) mass is 647 g/mol. The van der Waals surface area contributed by atoms with Gasteiger partial charge >= 0.3 is 6.09 Å². The van der Waals surface area contributed by atoms with E-state index in [9.17, 15) is 4.79 Å². The summed E-state index contributed by atoms with van der Waals surface area (Å²) in [6, 6.07) is 30.8. The number of rotatable bonds is 10. The third-order valence-electron chi connectivity index (χ3n) is 8.69. The third kappa shape index (κ3) is 8.08. The average molecular weight is 648 g/mol. The minimum atomic E-state index is -0.498. The van der Waals surface area contributed by atoms with Crippen molar-refractivity contribution in [1.29, 1.82) is 0 Å². The van der Waals surface area contributed by atoms with Gasteiger partial charge in [-0.1, -0.05) is 60.7 Å². The van der Waals surface area contributed by atoms with Crippen LogP contribution in [0.15, 0.2) is 91.0 Å². The number of nitrogens with zero attached hydrogens (tertiary/aromatic N) is 4. The van der Waals surface area contributed by atoms with Crippen molar-refractivity contribution in [1.82, 2.24) is 19.7 Å². The molecule has 1 aliphatic carbocycles. The van der Waals surface area contributed by atoms with E-state index in [1.54, 1.807) is 4.90 Å². The maximum atomic E-state index is 12.6. The highest BCUT2D eigenvalue weighted by Crippen LogP contribution is 2.36. The molecule has 1 amide bonds.